The Kier molecular flexibility index (Phi) is 5.70. The Hall–Kier alpha value is -3.50. The zero-order chi connectivity index (χ0) is 21.9. The number of anilines is 1. The quantitative estimate of drug-likeness (QED) is 0.436. The molecule has 0 unspecified atom stereocenters. The zero-order valence-electron chi connectivity index (χ0n) is 17.5. The second-order valence-corrected chi connectivity index (χ2v) is 8.42. The second-order valence-electron chi connectivity index (χ2n) is 7.99. The molecule has 1 aliphatic rings. The lowest BCUT2D eigenvalue weighted by atomic mass is 9.91. The van der Waals surface area contributed by atoms with Gasteiger partial charge in [-0.15, -0.1) is 0 Å². The van der Waals surface area contributed by atoms with Gasteiger partial charge in [-0.1, -0.05) is 78.3 Å². The van der Waals surface area contributed by atoms with Crippen LogP contribution in [0.3, 0.4) is 0 Å². The molecule has 1 aromatic heterocycles. The minimum absolute atomic E-state index is 0.118. The van der Waals surface area contributed by atoms with Crippen molar-refractivity contribution in [2.24, 2.45) is 0 Å². The van der Waals surface area contributed by atoms with Crippen LogP contribution in [0.25, 0.3) is 11.3 Å². The Bertz CT molecular complexity index is 1270. The van der Waals surface area contributed by atoms with Crippen molar-refractivity contribution in [2.75, 3.05) is 5.32 Å². The summed E-state index contributed by atoms with van der Waals surface area (Å²) in [6.07, 6.45) is 2.59. The van der Waals surface area contributed by atoms with Crippen molar-refractivity contribution in [1.29, 1.82) is 0 Å². The number of fused-ring (bicyclic) bond motifs is 3. The minimum atomic E-state index is -0.118. The number of hydrogen-bond donors (Lipinski definition) is 1. The molecule has 1 aliphatic carbocycles. The Morgan fingerprint density at radius 2 is 1.59 bits per heavy atom. The Morgan fingerprint density at radius 3 is 2.41 bits per heavy atom. The molecule has 1 N–H and O–H groups in total. The maximum absolute atomic E-state index is 12.8. The van der Waals surface area contributed by atoms with E-state index in [1.807, 2.05) is 36.4 Å². The van der Waals surface area contributed by atoms with Crippen LogP contribution in [0.1, 0.15) is 28.1 Å². The van der Waals surface area contributed by atoms with Crippen LogP contribution in [-0.4, -0.2) is 15.9 Å². The summed E-state index contributed by atoms with van der Waals surface area (Å²) in [5, 5.41) is 3.68. The average Bonchev–Trinajstić information content (AvgIpc) is 2.81. The predicted octanol–water partition coefficient (Wildman–Crippen LogP) is 5.67. The van der Waals surface area contributed by atoms with Gasteiger partial charge in [-0.25, -0.2) is 9.97 Å². The highest BCUT2D eigenvalue weighted by molar-refractivity contribution is 6.30. The first-order chi connectivity index (χ1) is 15.7. The number of benzene rings is 3. The number of amides is 1. The summed E-state index contributed by atoms with van der Waals surface area (Å²) in [6, 6.07) is 25.8. The molecule has 0 saturated heterocycles. The van der Waals surface area contributed by atoms with Gasteiger partial charge in [0.05, 0.1) is 23.5 Å². The molecule has 158 valence electrons. The maximum atomic E-state index is 12.8. The summed E-state index contributed by atoms with van der Waals surface area (Å²) < 4.78 is 0. The largest absolute Gasteiger partial charge is 0.309 e. The van der Waals surface area contributed by atoms with E-state index in [0.717, 1.165) is 46.6 Å². The number of carbonyl (C=O) groups is 1. The van der Waals surface area contributed by atoms with Crippen LogP contribution in [-0.2, 0) is 30.5 Å². The van der Waals surface area contributed by atoms with E-state index in [1.165, 1.54) is 5.56 Å². The fourth-order valence-corrected chi connectivity index (χ4v) is 4.22. The van der Waals surface area contributed by atoms with Crippen molar-refractivity contribution in [3.8, 4) is 11.3 Å². The number of nitrogens with zero attached hydrogens (tertiary/aromatic N) is 2. The van der Waals surface area contributed by atoms with Gasteiger partial charge in [0.15, 0.2) is 5.82 Å². The summed E-state index contributed by atoms with van der Waals surface area (Å²) in [7, 11) is 0. The molecule has 5 heteroatoms. The molecule has 5 rings (SSSR count). The van der Waals surface area contributed by atoms with Crippen molar-refractivity contribution >= 4 is 23.3 Å². The number of rotatable bonds is 5. The fourth-order valence-electron chi connectivity index (χ4n) is 4.09. The molecular weight excluding hydrogens is 418 g/mol. The highest BCUT2D eigenvalue weighted by Gasteiger charge is 2.22. The van der Waals surface area contributed by atoms with Crippen molar-refractivity contribution in [1.82, 2.24) is 9.97 Å². The van der Waals surface area contributed by atoms with Crippen LogP contribution in [0.5, 0.6) is 0 Å². The van der Waals surface area contributed by atoms with E-state index in [9.17, 15) is 4.79 Å². The average molecular weight is 440 g/mol. The molecule has 0 aliphatic heterocycles. The number of hydrogen-bond acceptors (Lipinski definition) is 3. The van der Waals surface area contributed by atoms with Gasteiger partial charge in [-0.05, 0) is 41.7 Å². The molecule has 0 bridgehead atoms. The topological polar surface area (TPSA) is 54.9 Å². The van der Waals surface area contributed by atoms with E-state index in [1.54, 1.807) is 12.1 Å². The molecule has 1 amide bonds. The molecule has 4 aromatic rings. The van der Waals surface area contributed by atoms with Crippen LogP contribution >= 0.6 is 11.6 Å². The zero-order valence-corrected chi connectivity index (χ0v) is 18.3. The first-order valence-corrected chi connectivity index (χ1v) is 11.1. The number of halogens is 1. The molecule has 3 aromatic carbocycles. The number of aromatic nitrogens is 2. The van der Waals surface area contributed by atoms with Crippen molar-refractivity contribution in [3.63, 3.8) is 0 Å². The van der Waals surface area contributed by atoms with Crippen LogP contribution in [0.4, 0.5) is 5.82 Å². The van der Waals surface area contributed by atoms with E-state index >= 15 is 0 Å². The van der Waals surface area contributed by atoms with Crippen molar-refractivity contribution < 1.29 is 4.79 Å². The van der Waals surface area contributed by atoms with Gasteiger partial charge in [-0.2, -0.15) is 0 Å². The van der Waals surface area contributed by atoms with Crippen molar-refractivity contribution in [2.45, 2.75) is 25.7 Å². The molecule has 32 heavy (non-hydrogen) atoms. The van der Waals surface area contributed by atoms with Crippen LogP contribution < -0.4 is 5.32 Å². The van der Waals surface area contributed by atoms with Crippen LogP contribution in [0.15, 0.2) is 78.9 Å². The lowest BCUT2D eigenvalue weighted by Crippen LogP contribution is -2.20. The summed E-state index contributed by atoms with van der Waals surface area (Å²) in [6.45, 7) is 0. The number of carbonyl (C=O) groups excluding carboxylic acids is 1. The predicted molar refractivity (Wildman–Crippen MR) is 128 cm³/mol. The molecular formula is C27H22ClN3O. The van der Waals surface area contributed by atoms with Crippen LogP contribution in [0, 0.1) is 0 Å². The normalized spacial score (nSPS) is 12.0. The number of aryl methyl sites for hydroxylation is 2. The maximum Gasteiger partial charge on any atom is 0.229 e. The van der Waals surface area contributed by atoms with Gasteiger partial charge in [-0.3, -0.25) is 4.79 Å². The van der Waals surface area contributed by atoms with Gasteiger partial charge in [0.2, 0.25) is 5.91 Å². The third-order valence-corrected chi connectivity index (χ3v) is 5.95. The first-order valence-electron chi connectivity index (χ1n) is 10.7. The second kappa shape index (κ2) is 8.93. The minimum Gasteiger partial charge on any atom is -0.309 e. The molecule has 0 atom stereocenters. The van der Waals surface area contributed by atoms with E-state index in [0.29, 0.717) is 17.3 Å². The molecule has 0 radical (unpaired) electrons. The van der Waals surface area contributed by atoms with E-state index in [4.69, 9.17) is 21.6 Å². The SMILES string of the molecule is O=C(Cc1ccc(Cl)cc1)Nc1nc2c(nc1Cc1ccccc1)-c1ccccc1CC2. The third kappa shape index (κ3) is 4.41. The van der Waals surface area contributed by atoms with Crippen LogP contribution in [0.2, 0.25) is 5.02 Å². The monoisotopic (exact) mass is 439 g/mol. The Morgan fingerprint density at radius 1 is 0.844 bits per heavy atom. The molecule has 0 spiro atoms. The molecule has 0 fully saturated rings. The molecule has 1 heterocycles. The lowest BCUT2D eigenvalue weighted by molar-refractivity contribution is -0.115. The van der Waals surface area contributed by atoms with Gasteiger partial charge >= 0.3 is 0 Å². The van der Waals surface area contributed by atoms with Gasteiger partial charge in [0.1, 0.15) is 0 Å². The van der Waals surface area contributed by atoms with Gasteiger partial charge in [0, 0.05) is 17.0 Å². The standard InChI is InChI=1S/C27H22ClN3O/c28-21-13-10-19(11-14-21)17-25(32)31-27-24(16-18-6-2-1-3-7-18)29-26-22-9-5-4-8-20(22)12-15-23(26)30-27/h1-11,13-14H,12,15-17H2,(H,30,31,32). The van der Waals surface area contributed by atoms with Gasteiger partial charge in [0.25, 0.3) is 0 Å². The fraction of sp³-hybridized carbons (Fsp3) is 0.148. The highest BCUT2D eigenvalue weighted by Crippen LogP contribution is 2.33. The van der Waals surface area contributed by atoms with E-state index in [2.05, 4.69) is 35.6 Å². The third-order valence-electron chi connectivity index (χ3n) is 5.69. The highest BCUT2D eigenvalue weighted by atomic mass is 35.5. The summed E-state index contributed by atoms with van der Waals surface area (Å²) in [5.41, 5.74) is 7.08. The number of nitrogens with one attached hydrogen (secondary N) is 1. The van der Waals surface area contributed by atoms with E-state index < -0.39 is 0 Å². The van der Waals surface area contributed by atoms with Gasteiger partial charge < -0.3 is 5.32 Å². The summed E-state index contributed by atoms with van der Waals surface area (Å²) in [4.78, 5) is 22.7. The summed E-state index contributed by atoms with van der Waals surface area (Å²) >= 11 is 5.96. The lowest BCUT2D eigenvalue weighted by Gasteiger charge is -2.21. The first kappa shape index (κ1) is 20.4. The molecule has 0 saturated carbocycles. The smallest absolute Gasteiger partial charge is 0.229 e. The Labute approximate surface area is 192 Å². The van der Waals surface area contributed by atoms with Crippen molar-refractivity contribution in [3.05, 3.63) is 112 Å². The molecule has 4 nitrogen and oxygen atoms in total. The Balaban J connectivity index is 1.49. The van der Waals surface area contributed by atoms with E-state index in [-0.39, 0.29) is 12.3 Å². The summed E-state index contributed by atoms with van der Waals surface area (Å²) in [5.74, 6) is 0.429.